The summed E-state index contributed by atoms with van der Waals surface area (Å²) < 4.78 is 0. The smallest absolute Gasteiger partial charge is 0.0165 e. The minimum absolute atomic E-state index is 0.776. The Balaban J connectivity index is 1.83. The monoisotopic (exact) mass is 358 g/mol. The van der Waals surface area contributed by atoms with Gasteiger partial charge < -0.3 is 0 Å². The highest BCUT2D eigenvalue weighted by molar-refractivity contribution is 5.19. The summed E-state index contributed by atoms with van der Waals surface area (Å²) in [5, 5.41) is 0. The summed E-state index contributed by atoms with van der Waals surface area (Å²) >= 11 is 0. The van der Waals surface area contributed by atoms with Crippen LogP contribution in [0.2, 0.25) is 0 Å². The van der Waals surface area contributed by atoms with E-state index in [1.165, 1.54) is 109 Å². The van der Waals surface area contributed by atoms with Crippen molar-refractivity contribution in [2.45, 2.75) is 129 Å². The van der Waals surface area contributed by atoms with Crippen LogP contribution in [0.1, 0.15) is 134 Å². The third-order valence-electron chi connectivity index (χ3n) is 5.92. The first kappa shape index (κ1) is 23.3. The van der Waals surface area contributed by atoms with Crippen LogP contribution in [0.3, 0.4) is 0 Å². The molecule has 1 aromatic rings. The van der Waals surface area contributed by atoms with E-state index in [9.17, 15) is 0 Å². The molecule has 0 bridgehead atoms. The Morgan fingerprint density at radius 3 is 1.38 bits per heavy atom. The SMILES string of the molecule is CCCCCCCCCCCCCCCCCC(CC)c1ccccc1. The van der Waals surface area contributed by atoms with Crippen molar-refractivity contribution >= 4 is 0 Å². The lowest BCUT2D eigenvalue weighted by Gasteiger charge is -2.15. The molecule has 0 heteroatoms. The topological polar surface area (TPSA) is 0 Å². The Bertz CT molecular complexity index is 380. The molecule has 0 aromatic heterocycles. The molecule has 0 aliphatic heterocycles. The van der Waals surface area contributed by atoms with E-state index in [1.54, 1.807) is 5.56 Å². The van der Waals surface area contributed by atoms with Crippen LogP contribution in [0.25, 0.3) is 0 Å². The molecule has 0 radical (unpaired) electrons. The second-order valence-corrected chi connectivity index (χ2v) is 8.25. The molecule has 0 saturated heterocycles. The minimum Gasteiger partial charge on any atom is -0.0654 e. The van der Waals surface area contributed by atoms with Crippen LogP contribution in [0.15, 0.2) is 30.3 Å². The zero-order chi connectivity index (χ0) is 18.7. The Kier molecular flexibility index (Phi) is 15.8. The van der Waals surface area contributed by atoms with E-state index in [0.717, 1.165) is 5.92 Å². The molecule has 0 fully saturated rings. The van der Waals surface area contributed by atoms with Gasteiger partial charge in [-0.05, 0) is 24.3 Å². The van der Waals surface area contributed by atoms with Gasteiger partial charge in [-0.2, -0.15) is 0 Å². The van der Waals surface area contributed by atoms with Crippen LogP contribution in [0, 0.1) is 0 Å². The maximum absolute atomic E-state index is 2.34. The van der Waals surface area contributed by atoms with Gasteiger partial charge in [-0.1, -0.05) is 140 Å². The molecule has 150 valence electrons. The van der Waals surface area contributed by atoms with Gasteiger partial charge in [-0.15, -0.1) is 0 Å². The molecule has 1 unspecified atom stereocenters. The van der Waals surface area contributed by atoms with Gasteiger partial charge in [-0.25, -0.2) is 0 Å². The zero-order valence-electron chi connectivity index (χ0n) is 18.0. The average molecular weight is 359 g/mol. The maximum Gasteiger partial charge on any atom is -0.0165 e. The first-order valence-electron chi connectivity index (χ1n) is 11.9. The molecule has 1 rings (SSSR count). The highest BCUT2D eigenvalue weighted by Gasteiger charge is 2.07. The highest BCUT2D eigenvalue weighted by Crippen LogP contribution is 2.25. The molecule has 26 heavy (non-hydrogen) atoms. The van der Waals surface area contributed by atoms with Gasteiger partial charge in [0.25, 0.3) is 0 Å². The van der Waals surface area contributed by atoms with E-state index >= 15 is 0 Å². The van der Waals surface area contributed by atoms with E-state index in [0.29, 0.717) is 0 Å². The lowest BCUT2D eigenvalue weighted by atomic mass is 9.91. The predicted octanol–water partition coefficient (Wildman–Crippen LogP) is 9.44. The van der Waals surface area contributed by atoms with E-state index in [4.69, 9.17) is 0 Å². The molecule has 1 aromatic carbocycles. The Morgan fingerprint density at radius 2 is 0.962 bits per heavy atom. The summed E-state index contributed by atoms with van der Waals surface area (Å²) in [4.78, 5) is 0. The second-order valence-electron chi connectivity index (χ2n) is 8.25. The van der Waals surface area contributed by atoms with Gasteiger partial charge in [0, 0.05) is 0 Å². The average Bonchev–Trinajstić information content (AvgIpc) is 2.68. The van der Waals surface area contributed by atoms with Gasteiger partial charge in [0.15, 0.2) is 0 Å². The second kappa shape index (κ2) is 17.6. The first-order chi connectivity index (χ1) is 12.9. The summed E-state index contributed by atoms with van der Waals surface area (Å²) in [5.74, 6) is 0.776. The largest absolute Gasteiger partial charge is 0.0654 e. The first-order valence-corrected chi connectivity index (χ1v) is 11.9. The molecule has 0 nitrogen and oxygen atoms in total. The van der Waals surface area contributed by atoms with Gasteiger partial charge in [0.2, 0.25) is 0 Å². The summed E-state index contributed by atoms with van der Waals surface area (Å²) in [7, 11) is 0. The van der Waals surface area contributed by atoms with Crippen LogP contribution in [-0.2, 0) is 0 Å². The summed E-state index contributed by atoms with van der Waals surface area (Å²) in [6.45, 7) is 4.63. The highest BCUT2D eigenvalue weighted by atomic mass is 14.1. The van der Waals surface area contributed by atoms with Crippen molar-refractivity contribution in [3.05, 3.63) is 35.9 Å². The number of rotatable bonds is 18. The Labute approximate surface area is 165 Å². The van der Waals surface area contributed by atoms with Gasteiger partial charge in [-0.3, -0.25) is 0 Å². The van der Waals surface area contributed by atoms with E-state index in [2.05, 4.69) is 44.2 Å². The minimum atomic E-state index is 0.776. The van der Waals surface area contributed by atoms with Crippen molar-refractivity contribution in [2.24, 2.45) is 0 Å². The quantitative estimate of drug-likeness (QED) is 0.229. The number of hydrogen-bond acceptors (Lipinski definition) is 0. The van der Waals surface area contributed by atoms with Crippen molar-refractivity contribution in [1.29, 1.82) is 0 Å². The lowest BCUT2D eigenvalue weighted by molar-refractivity contribution is 0.512. The molecule has 0 spiro atoms. The fraction of sp³-hybridized carbons (Fsp3) is 0.769. The molecule has 0 aliphatic carbocycles. The van der Waals surface area contributed by atoms with Crippen LogP contribution in [0.5, 0.6) is 0 Å². The van der Waals surface area contributed by atoms with Crippen LogP contribution in [-0.4, -0.2) is 0 Å². The van der Waals surface area contributed by atoms with E-state index < -0.39 is 0 Å². The summed E-state index contributed by atoms with van der Waals surface area (Å²) in [6.07, 6.45) is 24.4. The van der Waals surface area contributed by atoms with Crippen molar-refractivity contribution in [3.63, 3.8) is 0 Å². The van der Waals surface area contributed by atoms with Gasteiger partial charge >= 0.3 is 0 Å². The van der Waals surface area contributed by atoms with Gasteiger partial charge in [0.1, 0.15) is 0 Å². The molecule has 0 N–H and O–H groups in total. The fourth-order valence-corrected chi connectivity index (χ4v) is 4.09. The molecule has 1 atom stereocenters. The van der Waals surface area contributed by atoms with E-state index in [-0.39, 0.29) is 0 Å². The van der Waals surface area contributed by atoms with Crippen molar-refractivity contribution in [3.8, 4) is 0 Å². The summed E-state index contributed by atoms with van der Waals surface area (Å²) in [6, 6.07) is 11.1. The molecular formula is C26H46. The summed E-state index contributed by atoms with van der Waals surface area (Å²) in [5.41, 5.74) is 1.54. The van der Waals surface area contributed by atoms with Crippen LogP contribution >= 0.6 is 0 Å². The van der Waals surface area contributed by atoms with Gasteiger partial charge in [0.05, 0.1) is 0 Å². The maximum atomic E-state index is 2.34. The third kappa shape index (κ3) is 12.6. The standard InChI is InChI=1S/C26H46/c1-3-5-6-7-8-9-10-11-12-13-14-15-16-17-19-22-25(4-2)26-23-20-18-21-24-26/h18,20-21,23-25H,3-17,19,22H2,1-2H3. The fourth-order valence-electron chi connectivity index (χ4n) is 4.09. The van der Waals surface area contributed by atoms with Crippen molar-refractivity contribution in [1.82, 2.24) is 0 Å². The Hall–Kier alpha value is -0.780. The number of benzene rings is 1. The molecule has 0 amide bonds. The van der Waals surface area contributed by atoms with Crippen LogP contribution < -0.4 is 0 Å². The van der Waals surface area contributed by atoms with Crippen molar-refractivity contribution < 1.29 is 0 Å². The van der Waals surface area contributed by atoms with Crippen LogP contribution in [0.4, 0.5) is 0 Å². The molecular weight excluding hydrogens is 312 g/mol. The zero-order valence-corrected chi connectivity index (χ0v) is 18.0. The van der Waals surface area contributed by atoms with E-state index in [1.807, 2.05) is 0 Å². The molecule has 0 heterocycles. The normalized spacial score (nSPS) is 12.4. The third-order valence-corrected chi connectivity index (χ3v) is 5.92. The molecule has 0 saturated carbocycles. The lowest BCUT2D eigenvalue weighted by Crippen LogP contribution is -1.97. The van der Waals surface area contributed by atoms with Crippen molar-refractivity contribution in [2.75, 3.05) is 0 Å². The Morgan fingerprint density at radius 1 is 0.538 bits per heavy atom. The predicted molar refractivity (Wildman–Crippen MR) is 119 cm³/mol. The number of hydrogen-bond donors (Lipinski definition) is 0. The molecule has 0 aliphatic rings. The number of unbranched alkanes of at least 4 members (excludes halogenated alkanes) is 14.